The predicted octanol–water partition coefficient (Wildman–Crippen LogP) is 4.07. The third-order valence-electron chi connectivity index (χ3n) is 3.90. The summed E-state index contributed by atoms with van der Waals surface area (Å²) in [5, 5.41) is 0.782. The SMILES string of the molecule is CC1CC(C)CN(C(=O)COC(=O)COc2cc(Cl)c(Cl)cc2Cl)C1. The van der Waals surface area contributed by atoms with E-state index in [4.69, 9.17) is 44.3 Å². The first kappa shape index (κ1) is 20.1. The zero-order valence-electron chi connectivity index (χ0n) is 14.1. The van der Waals surface area contributed by atoms with Crippen LogP contribution in [0.5, 0.6) is 5.75 Å². The van der Waals surface area contributed by atoms with Crippen LogP contribution in [0.4, 0.5) is 0 Å². The first-order valence-corrected chi connectivity index (χ1v) is 9.10. The van der Waals surface area contributed by atoms with E-state index >= 15 is 0 Å². The second kappa shape index (κ2) is 8.97. The van der Waals surface area contributed by atoms with E-state index in [0.29, 0.717) is 24.9 Å². The molecule has 25 heavy (non-hydrogen) atoms. The van der Waals surface area contributed by atoms with Crippen molar-refractivity contribution >= 4 is 46.7 Å². The van der Waals surface area contributed by atoms with Crippen LogP contribution < -0.4 is 4.74 Å². The fourth-order valence-corrected chi connectivity index (χ4v) is 3.48. The Kier molecular flexibility index (Phi) is 7.23. The number of carbonyl (C=O) groups excluding carboxylic acids is 2. The van der Waals surface area contributed by atoms with Crippen molar-refractivity contribution < 1.29 is 19.1 Å². The Morgan fingerprint density at radius 2 is 1.64 bits per heavy atom. The maximum Gasteiger partial charge on any atom is 0.344 e. The molecule has 1 heterocycles. The van der Waals surface area contributed by atoms with Gasteiger partial charge in [-0.05, 0) is 24.3 Å². The highest BCUT2D eigenvalue weighted by molar-refractivity contribution is 6.43. The summed E-state index contributed by atoms with van der Waals surface area (Å²) in [7, 11) is 0. The molecule has 2 rings (SSSR count). The highest BCUT2D eigenvalue weighted by atomic mass is 35.5. The van der Waals surface area contributed by atoms with E-state index < -0.39 is 5.97 Å². The van der Waals surface area contributed by atoms with Gasteiger partial charge in [-0.15, -0.1) is 0 Å². The van der Waals surface area contributed by atoms with Crippen molar-refractivity contribution in [2.24, 2.45) is 11.8 Å². The summed E-state index contributed by atoms with van der Waals surface area (Å²) in [4.78, 5) is 25.7. The third-order valence-corrected chi connectivity index (χ3v) is 4.92. The molecule has 2 unspecified atom stereocenters. The summed E-state index contributed by atoms with van der Waals surface area (Å²) in [6.07, 6.45) is 1.10. The summed E-state index contributed by atoms with van der Waals surface area (Å²) in [6, 6.07) is 2.84. The van der Waals surface area contributed by atoms with E-state index in [1.165, 1.54) is 12.1 Å². The van der Waals surface area contributed by atoms with Crippen molar-refractivity contribution in [3.8, 4) is 5.75 Å². The summed E-state index contributed by atoms with van der Waals surface area (Å²) in [6.45, 7) is 4.92. The standard InChI is InChI=1S/C17H20Cl3NO4/c1-10-3-11(2)7-21(6-10)16(22)8-25-17(23)9-24-15-5-13(19)12(18)4-14(15)20/h4-5,10-11H,3,6-9H2,1-2H3. The molecule has 5 nitrogen and oxygen atoms in total. The molecule has 1 amide bonds. The smallest absolute Gasteiger partial charge is 0.344 e. The minimum Gasteiger partial charge on any atom is -0.480 e. The summed E-state index contributed by atoms with van der Waals surface area (Å²) < 4.78 is 10.3. The fourth-order valence-electron chi connectivity index (χ4n) is 2.89. The summed E-state index contributed by atoms with van der Waals surface area (Å²) >= 11 is 17.7. The van der Waals surface area contributed by atoms with Gasteiger partial charge in [0.25, 0.3) is 5.91 Å². The van der Waals surface area contributed by atoms with Crippen LogP contribution in [0.3, 0.4) is 0 Å². The summed E-state index contributed by atoms with van der Waals surface area (Å²) in [5.41, 5.74) is 0. The Morgan fingerprint density at radius 1 is 1.04 bits per heavy atom. The molecule has 1 aliphatic heterocycles. The predicted molar refractivity (Wildman–Crippen MR) is 97.5 cm³/mol. The number of amides is 1. The number of piperidine rings is 1. The van der Waals surface area contributed by atoms with Gasteiger partial charge in [0.05, 0.1) is 15.1 Å². The lowest BCUT2D eigenvalue weighted by atomic mass is 9.92. The van der Waals surface area contributed by atoms with Gasteiger partial charge in [-0.2, -0.15) is 0 Å². The van der Waals surface area contributed by atoms with Crippen LogP contribution in [0.1, 0.15) is 20.3 Å². The van der Waals surface area contributed by atoms with Crippen LogP contribution in [-0.2, 0) is 14.3 Å². The molecule has 0 spiro atoms. The first-order chi connectivity index (χ1) is 11.8. The Bertz CT molecular complexity index is 643. The van der Waals surface area contributed by atoms with Gasteiger partial charge in [0.1, 0.15) is 5.75 Å². The Hall–Kier alpha value is -1.17. The zero-order valence-corrected chi connectivity index (χ0v) is 16.3. The average molecular weight is 409 g/mol. The molecule has 0 aromatic heterocycles. The number of hydrogen-bond acceptors (Lipinski definition) is 4. The number of benzene rings is 1. The molecule has 1 aromatic rings. The Balaban J connectivity index is 1.79. The van der Waals surface area contributed by atoms with Crippen molar-refractivity contribution in [2.75, 3.05) is 26.3 Å². The highest BCUT2D eigenvalue weighted by Crippen LogP contribution is 2.33. The second-order valence-electron chi connectivity index (χ2n) is 6.39. The van der Waals surface area contributed by atoms with E-state index in [0.717, 1.165) is 6.42 Å². The fraction of sp³-hybridized carbons (Fsp3) is 0.529. The molecule has 1 aromatic carbocycles. The van der Waals surface area contributed by atoms with Crippen LogP contribution >= 0.6 is 34.8 Å². The van der Waals surface area contributed by atoms with Crippen LogP contribution in [-0.4, -0.2) is 43.1 Å². The maximum atomic E-state index is 12.2. The van der Waals surface area contributed by atoms with Gasteiger partial charge in [0.15, 0.2) is 13.2 Å². The normalized spacial score (nSPS) is 20.3. The van der Waals surface area contributed by atoms with Gasteiger partial charge in [-0.3, -0.25) is 4.79 Å². The minimum absolute atomic E-state index is 0.195. The number of halogens is 3. The van der Waals surface area contributed by atoms with Gasteiger partial charge < -0.3 is 14.4 Å². The molecule has 1 saturated heterocycles. The van der Waals surface area contributed by atoms with Crippen molar-refractivity contribution in [3.63, 3.8) is 0 Å². The monoisotopic (exact) mass is 407 g/mol. The number of nitrogens with zero attached hydrogens (tertiary/aromatic N) is 1. The Morgan fingerprint density at radius 3 is 2.28 bits per heavy atom. The van der Waals surface area contributed by atoms with Gasteiger partial charge in [0, 0.05) is 19.2 Å². The molecular weight excluding hydrogens is 389 g/mol. The third kappa shape index (κ3) is 5.94. The summed E-state index contributed by atoms with van der Waals surface area (Å²) in [5.74, 6) is 0.262. The van der Waals surface area contributed by atoms with Crippen molar-refractivity contribution in [1.82, 2.24) is 4.90 Å². The van der Waals surface area contributed by atoms with E-state index in [2.05, 4.69) is 13.8 Å². The van der Waals surface area contributed by atoms with Gasteiger partial charge >= 0.3 is 5.97 Å². The number of carbonyl (C=O) groups is 2. The molecule has 0 saturated carbocycles. The van der Waals surface area contributed by atoms with E-state index in [1.54, 1.807) is 4.90 Å². The average Bonchev–Trinajstić information content (AvgIpc) is 2.53. The van der Waals surface area contributed by atoms with Crippen LogP contribution in [0, 0.1) is 11.8 Å². The van der Waals surface area contributed by atoms with Crippen LogP contribution in [0.2, 0.25) is 15.1 Å². The molecule has 1 aliphatic rings. The number of esters is 1. The zero-order chi connectivity index (χ0) is 18.6. The molecule has 0 radical (unpaired) electrons. The van der Waals surface area contributed by atoms with E-state index in [9.17, 15) is 9.59 Å². The minimum atomic E-state index is -0.659. The molecule has 8 heteroatoms. The topological polar surface area (TPSA) is 55.8 Å². The maximum absolute atomic E-state index is 12.2. The molecular formula is C17H20Cl3NO4. The number of likely N-dealkylation sites (tertiary alicyclic amines) is 1. The number of rotatable bonds is 5. The van der Waals surface area contributed by atoms with Gasteiger partial charge in [0.2, 0.25) is 0 Å². The number of hydrogen-bond donors (Lipinski definition) is 0. The molecule has 0 N–H and O–H groups in total. The van der Waals surface area contributed by atoms with E-state index in [1.807, 2.05) is 0 Å². The second-order valence-corrected chi connectivity index (χ2v) is 7.61. The molecule has 138 valence electrons. The van der Waals surface area contributed by atoms with Gasteiger partial charge in [-0.1, -0.05) is 48.7 Å². The quantitative estimate of drug-likeness (QED) is 0.544. The van der Waals surface area contributed by atoms with Crippen LogP contribution in [0.15, 0.2) is 12.1 Å². The van der Waals surface area contributed by atoms with Crippen molar-refractivity contribution in [2.45, 2.75) is 20.3 Å². The lowest BCUT2D eigenvalue weighted by Gasteiger charge is -2.34. The van der Waals surface area contributed by atoms with E-state index in [-0.39, 0.29) is 39.9 Å². The number of ether oxygens (including phenoxy) is 2. The van der Waals surface area contributed by atoms with Crippen molar-refractivity contribution in [1.29, 1.82) is 0 Å². The molecule has 1 fully saturated rings. The van der Waals surface area contributed by atoms with Crippen LogP contribution in [0.25, 0.3) is 0 Å². The highest BCUT2D eigenvalue weighted by Gasteiger charge is 2.26. The Labute approximate surface area is 162 Å². The van der Waals surface area contributed by atoms with Crippen molar-refractivity contribution in [3.05, 3.63) is 27.2 Å². The first-order valence-electron chi connectivity index (χ1n) is 7.97. The largest absolute Gasteiger partial charge is 0.480 e. The lowest BCUT2D eigenvalue weighted by Crippen LogP contribution is -2.44. The van der Waals surface area contributed by atoms with Gasteiger partial charge in [-0.25, -0.2) is 4.79 Å². The molecule has 0 bridgehead atoms. The molecule has 2 atom stereocenters. The molecule has 0 aliphatic carbocycles. The lowest BCUT2D eigenvalue weighted by molar-refractivity contribution is -0.154.